The summed E-state index contributed by atoms with van der Waals surface area (Å²) in [5.74, 6) is 0.798. The molecule has 1 aromatic carbocycles. The summed E-state index contributed by atoms with van der Waals surface area (Å²) in [7, 11) is 0. The lowest BCUT2D eigenvalue weighted by atomic mass is 10.0. The minimum atomic E-state index is -0.0560. The molecule has 0 radical (unpaired) electrons. The number of hydrogen-bond donors (Lipinski definition) is 2. The molecule has 1 aromatic heterocycles. The summed E-state index contributed by atoms with van der Waals surface area (Å²) in [6, 6.07) is 11.3. The van der Waals surface area contributed by atoms with Crippen LogP contribution in [0.15, 0.2) is 56.9 Å². The second-order valence-corrected chi connectivity index (χ2v) is 6.47. The van der Waals surface area contributed by atoms with Crippen LogP contribution in [0, 0.1) is 0 Å². The number of halogens is 1. The lowest BCUT2D eigenvalue weighted by molar-refractivity contribution is 0.679. The molecular weight excluding hydrogens is 356 g/mol. The number of nitrogens with one attached hydrogen (secondary N) is 1. The van der Waals surface area contributed by atoms with Crippen LogP contribution in [-0.2, 0) is 6.54 Å². The Balaban J connectivity index is 1.96. The van der Waals surface area contributed by atoms with Crippen LogP contribution in [0.1, 0.15) is 25.3 Å². The van der Waals surface area contributed by atoms with E-state index in [2.05, 4.69) is 52.2 Å². The molecule has 2 aromatic rings. The van der Waals surface area contributed by atoms with Gasteiger partial charge in [0.1, 0.15) is 0 Å². The molecule has 6 heteroatoms. The van der Waals surface area contributed by atoms with E-state index in [1.54, 1.807) is 16.8 Å². The SMILES string of the molecule is CC(C)c1cccc(NC(N)=NCCn2cc(Br)ccc2=O)c1. The number of aliphatic imine (C=N–C) groups is 1. The molecule has 0 fully saturated rings. The van der Waals surface area contributed by atoms with E-state index in [9.17, 15) is 4.79 Å². The fraction of sp³-hybridized carbons (Fsp3) is 0.294. The van der Waals surface area contributed by atoms with Gasteiger partial charge in [-0.15, -0.1) is 0 Å². The highest BCUT2D eigenvalue weighted by molar-refractivity contribution is 9.10. The van der Waals surface area contributed by atoms with Gasteiger partial charge in [-0.1, -0.05) is 26.0 Å². The highest BCUT2D eigenvalue weighted by Crippen LogP contribution is 2.18. The number of nitrogens with two attached hydrogens (primary N) is 1. The highest BCUT2D eigenvalue weighted by Gasteiger charge is 2.01. The monoisotopic (exact) mass is 376 g/mol. The molecule has 23 heavy (non-hydrogen) atoms. The maximum absolute atomic E-state index is 11.7. The van der Waals surface area contributed by atoms with Crippen LogP contribution >= 0.6 is 15.9 Å². The second kappa shape index (κ2) is 7.97. The van der Waals surface area contributed by atoms with Crippen molar-refractivity contribution in [3.05, 3.63) is 63.0 Å². The van der Waals surface area contributed by atoms with Gasteiger partial charge in [0.25, 0.3) is 5.56 Å². The average molecular weight is 377 g/mol. The van der Waals surface area contributed by atoms with Gasteiger partial charge in [-0.3, -0.25) is 9.79 Å². The van der Waals surface area contributed by atoms with Gasteiger partial charge in [-0.2, -0.15) is 0 Å². The Kier molecular flexibility index (Phi) is 5.98. The Morgan fingerprint density at radius 3 is 2.87 bits per heavy atom. The van der Waals surface area contributed by atoms with E-state index in [0.29, 0.717) is 25.0 Å². The predicted octanol–water partition coefficient (Wildman–Crippen LogP) is 3.16. The van der Waals surface area contributed by atoms with Crippen LogP contribution in [-0.4, -0.2) is 17.1 Å². The minimum absolute atomic E-state index is 0.0560. The smallest absolute Gasteiger partial charge is 0.250 e. The lowest BCUT2D eigenvalue weighted by Gasteiger charge is -2.10. The van der Waals surface area contributed by atoms with E-state index >= 15 is 0 Å². The summed E-state index contributed by atoms with van der Waals surface area (Å²) in [6.45, 7) is 5.20. The number of hydrogen-bond acceptors (Lipinski definition) is 2. The standard InChI is InChI=1S/C17H21BrN4O/c1-12(2)13-4-3-5-15(10-13)21-17(19)20-8-9-22-11-14(18)6-7-16(22)23/h3-7,10-12H,8-9H2,1-2H3,(H3,19,20,21). The van der Waals surface area contributed by atoms with Crippen molar-refractivity contribution in [2.45, 2.75) is 26.3 Å². The number of rotatable bonds is 5. The Morgan fingerprint density at radius 2 is 2.13 bits per heavy atom. The van der Waals surface area contributed by atoms with E-state index < -0.39 is 0 Å². The van der Waals surface area contributed by atoms with Gasteiger partial charge in [-0.25, -0.2) is 0 Å². The molecule has 0 amide bonds. The fourth-order valence-electron chi connectivity index (χ4n) is 2.12. The van der Waals surface area contributed by atoms with Crippen molar-refractivity contribution in [2.24, 2.45) is 10.7 Å². The number of aromatic nitrogens is 1. The predicted molar refractivity (Wildman–Crippen MR) is 99.0 cm³/mol. The third kappa shape index (κ3) is 5.25. The number of anilines is 1. The first-order valence-corrected chi connectivity index (χ1v) is 8.28. The Labute approximate surface area is 144 Å². The summed E-state index contributed by atoms with van der Waals surface area (Å²) in [4.78, 5) is 16.0. The van der Waals surface area contributed by atoms with Gasteiger partial charge in [0.05, 0.1) is 6.54 Å². The summed E-state index contributed by atoms with van der Waals surface area (Å²) in [5, 5.41) is 3.08. The zero-order valence-corrected chi connectivity index (χ0v) is 14.9. The molecule has 1 heterocycles. The van der Waals surface area contributed by atoms with Gasteiger partial charge in [0.2, 0.25) is 0 Å². The van der Waals surface area contributed by atoms with E-state index in [1.807, 2.05) is 12.1 Å². The minimum Gasteiger partial charge on any atom is -0.370 e. The summed E-state index contributed by atoms with van der Waals surface area (Å²) in [6.07, 6.45) is 1.74. The molecule has 0 saturated carbocycles. The molecule has 0 bridgehead atoms. The Hall–Kier alpha value is -2.08. The summed E-state index contributed by atoms with van der Waals surface area (Å²) < 4.78 is 2.46. The maximum atomic E-state index is 11.7. The van der Waals surface area contributed by atoms with Crippen LogP contribution < -0.4 is 16.6 Å². The van der Waals surface area contributed by atoms with Crippen LogP contribution in [0.25, 0.3) is 0 Å². The summed E-state index contributed by atoms with van der Waals surface area (Å²) in [5.41, 5.74) is 8.00. The molecule has 0 aliphatic carbocycles. The van der Waals surface area contributed by atoms with Crippen LogP contribution in [0.4, 0.5) is 5.69 Å². The first-order valence-electron chi connectivity index (χ1n) is 7.48. The molecule has 2 rings (SSSR count). The normalized spacial score (nSPS) is 11.7. The summed E-state index contributed by atoms with van der Waals surface area (Å²) >= 11 is 3.35. The zero-order chi connectivity index (χ0) is 16.8. The van der Waals surface area contributed by atoms with E-state index in [1.165, 1.54) is 11.6 Å². The molecule has 3 N–H and O–H groups in total. The number of nitrogens with zero attached hydrogens (tertiary/aromatic N) is 2. The van der Waals surface area contributed by atoms with E-state index in [4.69, 9.17) is 5.73 Å². The molecule has 0 spiro atoms. The van der Waals surface area contributed by atoms with Gasteiger partial charge in [0, 0.05) is 29.0 Å². The number of benzene rings is 1. The van der Waals surface area contributed by atoms with Gasteiger partial charge in [-0.05, 0) is 45.6 Å². The number of guanidine groups is 1. The maximum Gasteiger partial charge on any atom is 0.250 e. The zero-order valence-electron chi connectivity index (χ0n) is 13.3. The van der Waals surface area contributed by atoms with Crippen LogP contribution in [0.2, 0.25) is 0 Å². The van der Waals surface area contributed by atoms with Crippen molar-refractivity contribution in [1.29, 1.82) is 0 Å². The molecule has 5 nitrogen and oxygen atoms in total. The van der Waals surface area contributed by atoms with Crippen molar-refractivity contribution < 1.29 is 0 Å². The lowest BCUT2D eigenvalue weighted by Crippen LogP contribution is -2.25. The topological polar surface area (TPSA) is 72.4 Å². The van der Waals surface area contributed by atoms with Gasteiger partial charge < -0.3 is 15.6 Å². The van der Waals surface area contributed by atoms with Gasteiger partial charge >= 0.3 is 0 Å². The van der Waals surface area contributed by atoms with Crippen molar-refractivity contribution >= 4 is 27.6 Å². The van der Waals surface area contributed by atoms with Crippen molar-refractivity contribution in [3.8, 4) is 0 Å². The first-order chi connectivity index (χ1) is 11.0. The molecule has 0 aliphatic rings. The second-order valence-electron chi connectivity index (χ2n) is 5.55. The molecule has 0 aliphatic heterocycles. The van der Waals surface area contributed by atoms with E-state index in [0.717, 1.165) is 10.2 Å². The highest BCUT2D eigenvalue weighted by atomic mass is 79.9. The fourth-order valence-corrected chi connectivity index (χ4v) is 2.50. The average Bonchev–Trinajstić information content (AvgIpc) is 2.51. The molecular formula is C17H21BrN4O. The van der Waals surface area contributed by atoms with Crippen LogP contribution in [0.5, 0.6) is 0 Å². The first kappa shape index (κ1) is 17.3. The molecule has 0 unspecified atom stereocenters. The third-order valence-electron chi connectivity index (χ3n) is 3.40. The Bertz CT molecular complexity index is 752. The quantitative estimate of drug-likeness (QED) is 0.621. The van der Waals surface area contributed by atoms with Crippen molar-refractivity contribution in [3.63, 3.8) is 0 Å². The Morgan fingerprint density at radius 1 is 1.35 bits per heavy atom. The van der Waals surface area contributed by atoms with Crippen molar-refractivity contribution in [1.82, 2.24) is 4.57 Å². The molecule has 122 valence electrons. The van der Waals surface area contributed by atoms with Crippen molar-refractivity contribution in [2.75, 3.05) is 11.9 Å². The van der Waals surface area contributed by atoms with Crippen LogP contribution in [0.3, 0.4) is 0 Å². The van der Waals surface area contributed by atoms with E-state index in [-0.39, 0.29) is 5.56 Å². The molecule has 0 atom stereocenters. The largest absolute Gasteiger partial charge is 0.370 e. The molecule has 0 saturated heterocycles. The third-order valence-corrected chi connectivity index (χ3v) is 3.87. The number of pyridine rings is 1. The van der Waals surface area contributed by atoms with Gasteiger partial charge in [0.15, 0.2) is 5.96 Å².